The minimum absolute atomic E-state index is 0.162. The summed E-state index contributed by atoms with van der Waals surface area (Å²) in [5, 5.41) is 25.3. The first-order chi connectivity index (χ1) is 11.6. The van der Waals surface area contributed by atoms with E-state index in [-0.39, 0.29) is 11.3 Å². The SMILES string of the molecule is Cc1c([N+](=O)[O-])c(C(F)(F)F)nn1CC(=O)Nc1ccccc1C#N. The molecule has 1 aromatic heterocycles. The predicted octanol–water partition coefficient (Wildman–Crippen LogP) is 2.63. The highest BCUT2D eigenvalue weighted by Gasteiger charge is 2.44. The number of carbonyl (C=O) groups is 1. The highest BCUT2D eigenvalue weighted by molar-refractivity contribution is 5.92. The molecule has 2 rings (SSSR count). The summed E-state index contributed by atoms with van der Waals surface area (Å²) in [6.07, 6.45) is -5.03. The van der Waals surface area contributed by atoms with Crippen molar-refractivity contribution in [3.63, 3.8) is 0 Å². The number of hydrogen-bond donors (Lipinski definition) is 1. The van der Waals surface area contributed by atoms with Crippen molar-refractivity contribution in [3.05, 3.63) is 51.3 Å². The molecule has 0 aliphatic heterocycles. The van der Waals surface area contributed by atoms with E-state index in [0.29, 0.717) is 4.68 Å². The molecule has 8 nitrogen and oxygen atoms in total. The Morgan fingerprint density at radius 3 is 2.60 bits per heavy atom. The summed E-state index contributed by atoms with van der Waals surface area (Å²) in [5.74, 6) is -0.781. The number of carbonyl (C=O) groups excluding carboxylic acids is 1. The summed E-state index contributed by atoms with van der Waals surface area (Å²) in [4.78, 5) is 21.7. The fourth-order valence-electron chi connectivity index (χ4n) is 2.12. The largest absolute Gasteiger partial charge is 0.442 e. The van der Waals surface area contributed by atoms with Crippen LogP contribution in [-0.4, -0.2) is 20.6 Å². The molecule has 0 atom stereocenters. The van der Waals surface area contributed by atoms with Gasteiger partial charge in [-0.1, -0.05) is 12.1 Å². The maximum Gasteiger partial charge on any atom is 0.442 e. The summed E-state index contributed by atoms with van der Waals surface area (Å²) >= 11 is 0. The number of rotatable bonds is 4. The third kappa shape index (κ3) is 3.74. The Labute approximate surface area is 138 Å². The molecule has 0 saturated heterocycles. The second-order valence-corrected chi connectivity index (χ2v) is 4.90. The van der Waals surface area contributed by atoms with Crippen molar-refractivity contribution in [1.82, 2.24) is 9.78 Å². The number of alkyl halides is 3. The first-order valence-electron chi connectivity index (χ1n) is 6.73. The van der Waals surface area contributed by atoms with Gasteiger partial charge in [-0.15, -0.1) is 0 Å². The highest BCUT2D eigenvalue weighted by Crippen LogP contribution is 2.36. The number of anilines is 1. The Hall–Kier alpha value is -3.42. The van der Waals surface area contributed by atoms with E-state index in [0.717, 1.165) is 6.92 Å². The van der Waals surface area contributed by atoms with Crippen LogP contribution in [0.5, 0.6) is 0 Å². The molecule has 1 heterocycles. The first-order valence-corrected chi connectivity index (χ1v) is 6.73. The molecular formula is C14H10F3N5O3. The third-order valence-corrected chi connectivity index (χ3v) is 3.24. The fraction of sp³-hybridized carbons (Fsp3) is 0.214. The lowest BCUT2D eigenvalue weighted by atomic mass is 10.2. The molecule has 130 valence electrons. The third-order valence-electron chi connectivity index (χ3n) is 3.24. The molecule has 0 spiro atoms. The number of amides is 1. The lowest BCUT2D eigenvalue weighted by molar-refractivity contribution is -0.388. The average Bonchev–Trinajstić information content (AvgIpc) is 2.85. The molecular weight excluding hydrogens is 343 g/mol. The van der Waals surface area contributed by atoms with Crippen molar-refractivity contribution in [2.45, 2.75) is 19.6 Å². The van der Waals surface area contributed by atoms with Crippen molar-refractivity contribution in [3.8, 4) is 6.07 Å². The zero-order chi connectivity index (χ0) is 18.8. The quantitative estimate of drug-likeness (QED) is 0.670. The minimum atomic E-state index is -5.03. The van der Waals surface area contributed by atoms with Crippen LogP contribution in [0, 0.1) is 28.4 Å². The van der Waals surface area contributed by atoms with Gasteiger partial charge in [0.05, 0.1) is 16.2 Å². The molecule has 2 aromatic rings. The van der Waals surface area contributed by atoms with E-state index in [4.69, 9.17) is 5.26 Å². The molecule has 25 heavy (non-hydrogen) atoms. The molecule has 1 aromatic carbocycles. The maximum absolute atomic E-state index is 12.9. The Morgan fingerprint density at radius 2 is 2.08 bits per heavy atom. The van der Waals surface area contributed by atoms with Gasteiger partial charge < -0.3 is 5.32 Å². The lowest BCUT2D eigenvalue weighted by Crippen LogP contribution is -2.21. The average molecular weight is 353 g/mol. The molecule has 1 amide bonds. The second kappa shape index (κ2) is 6.60. The van der Waals surface area contributed by atoms with Gasteiger partial charge in [-0.3, -0.25) is 19.6 Å². The predicted molar refractivity (Wildman–Crippen MR) is 78.4 cm³/mol. The zero-order valence-electron chi connectivity index (χ0n) is 12.7. The molecule has 11 heteroatoms. The van der Waals surface area contributed by atoms with Crippen LogP contribution >= 0.6 is 0 Å². The van der Waals surface area contributed by atoms with Crippen LogP contribution in [0.15, 0.2) is 24.3 Å². The second-order valence-electron chi connectivity index (χ2n) is 4.90. The summed E-state index contributed by atoms with van der Waals surface area (Å²) in [6, 6.07) is 7.87. The normalized spacial score (nSPS) is 11.0. The van der Waals surface area contributed by atoms with Crippen molar-refractivity contribution in [2.75, 3.05) is 5.32 Å². The Kier molecular flexibility index (Phi) is 4.73. The number of benzene rings is 1. The van der Waals surface area contributed by atoms with Crippen LogP contribution in [0.4, 0.5) is 24.5 Å². The van der Waals surface area contributed by atoms with E-state index in [2.05, 4.69) is 10.4 Å². The van der Waals surface area contributed by atoms with Crippen LogP contribution in [0.2, 0.25) is 0 Å². The van der Waals surface area contributed by atoms with Gasteiger partial charge in [-0.25, -0.2) is 0 Å². The van der Waals surface area contributed by atoms with Gasteiger partial charge in [0.15, 0.2) is 0 Å². The number of hydrogen-bond acceptors (Lipinski definition) is 5. The van der Waals surface area contributed by atoms with E-state index >= 15 is 0 Å². The number of para-hydroxylation sites is 1. The van der Waals surface area contributed by atoms with Gasteiger partial charge in [0, 0.05) is 0 Å². The number of nitro groups is 1. The van der Waals surface area contributed by atoms with E-state index < -0.39 is 40.6 Å². The van der Waals surface area contributed by atoms with Crippen molar-refractivity contribution in [2.24, 2.45) is 0 Å². The molecule has 0 aliphatic rings. The smallest absolute Gasteiger partial charge is 0.323 e. The summed E-state index contributed by atoms with van der Waals surface area (Å²) < 4.78 is 39.2. The Bertz CT molecular complexity index is 883. The van der Waals surface area contributed by atoms with Crippen molar-refractivity contribution in [1.29, 1.82) is 5.26 Å². The van der Waals surface area contributed by atoms with E-state index in [1.807, 2.05) is 6.07 Å². The summed E-state index contributed by atoms with van der Waals surface area (Å²) in [6.45, 7) is 0.388. The van der Waals surface area contributed by atoms with Gasteiger partial charge >= 0.3 is 11.9 Å². The standard InChI is InChI=1S/C14H10F3N5O3/c1-8-12(22(24)25)13(14(15,16)17)20-21(8)7-11(23)19-10-5-3-2-4-9(10)6-18/h2-5H,7H2,1H3,(H,19,23). The monoisotopic (exact) mass is 353 g/mol. The zero-order valence-corrected chi connectivity index (χ0v) is 12.7. The molecule has 0 aliphatic carbocycles. The topological polar surface area (TPSA) is 114 Å². The van der Waals surface area contributed by atoms with Gasteiger partial charge in [-0.05, 0) is 19.1 Å². The van der Waals surface area contributed by atoms with Gasteiger partial charge in [0.2, 0.25) is 11.6 Å². The fourth-order valence-corrected chi connectivity index (χ4v) is 2.12. The van der Waals surface area contributed by atoms with Gasteiger partial charge in [0.25, 0.3) is 0 Å². The molecule has 0 radical (unpaired) electrons. The highest BCUT2D eigenvalue weighted by atomic mass is 19.4. The van der Waals surface area contributed by atoms with Crippen LogP contribution in [-0.2, 0) is 17.5 Å². The van der Waals surface area contributed by atoms with E-state index in [9.17, 15) is 28.1 Å². The Morgan fingerprint density at radius 1 is 1.44 bits per heavy atom. The van der Waals surface area contributed by atoms with Crippen LogP contribution in [0.25, 0.3) is 0 Å². The molecule has 0 saturated carbocycles. The van der Waals surface area contributed by atoms with Crippen molar-refractivity contribution < 1.29 is 22.9 Å². The number of nitrogens with one attached hydrogen (secondary N) is 1. The summed E-state index contributed by atoms with van der Waals surface area (Å²) in [5.41, 5.74) is -2.93. The van der Waals surface area contributed by atoms with Crippen LogP contribution < -0.4 is 5.32 Å². The van der Waals surface area contributed by atoms with Crippen molar-refractivity contribution >= 4 is 17.3 Å². The first kappa shape index (κ1) is 17.9. The van der Waals surface area contributed by atoms with E-state index in [1.165, 1.54) is 12.1 Å². The molecule has 0 bridgehead atoms. The molecule has 1 N–H and O–H groups in total. The van der Waals surface area contributed by atoms with E-state index in [1.54, 1.807) is 12.1 Å². The number of nitriles is 1. The summed E-state index contributed by atoms with van der Waals surface area (Å²) in [7, 11) is 0. The molecule has 0 unspecified atom stereocenters. The molecule has 0 fully saturated rings. The van der Waals surface area contributed by atoms with Gasteiger partial charge in [0.1, 0.15) is 18.3 Å². The maximum atomic E-state index is 12.9. The number of nitrogens with zero attached hydrogens (tertiary/aromatic N) is 4. The minimum Gasteiger partial charge on any atom is -0.323 e. The van der Waals surface area contributed by atoms with Crippen LogP contribution in [0.3, 0.4) is 0 Å². The Balaban J connectivity index is 2.30. The number of aromatic nitrogens is 2. The van der Waals surface area contributed by atoms with Crippen LogP contribution in [0.1, 0.15) is 17.0 Å². The van der Waals surface area contributed by atoms with Gasteiger partial charge in [-0.2, -0.15) is 23.5 Å². The number of halogens is 3. The lowest BCUT2D eigenvalue weighted by Gasteiger charge is -2.07.